The lowest BCUT2D eigenvalue weighted by molar-refractivity contribution is -0.116. The highest BCUT2D eigenvalue weighted by Crippen LogP contribution is 2.30. The number of ether oxygens (including phenoxy) is 1. The second-order valence-electron chi connectivity index (χ2n) is 5.36. The van der Waals surface area contributed by atoms with Crippen molar-refractivity contribution in [3.63, 3.8) is 0 Å². The van der Waals surface area contributed by atoms with Crippen LogP contribution in [0.1, 0.15) is 38.2 Å². The summed E-state index contributed by atoms with van der Waals surface area (Å²) in [7, 11) is 0. The minimum absolute atomic E-state index is 0.0522. The Morgan fingerprint density at radius 1 is 1.32 bits per heavy atom. The topological polar surface area (TPSA) is 26.3 Å². The standard InChI is InChI=1S/C16H19ClO2/c1-11(2)10-19-14-7-8-15(16(18)9-14)12-3-5-13(17)6-4-12/h3-6,9,11,15H,7-8,10H2,1-2H3/t15-/m0/s1. The molecule has 0 spiro atoms. The van der Waals surface area contributed by atoms with Crippen molar-refractivity contribution in [2.45, 2.75) is 32.6 Å². The summed E-state index contributed by atoms with van der Waals surface area (Å²) in [4.78, 5) is 12.1. The van der Waals surface area contributed by atoms with Gasteiger partial charge >= 0.3 is 0 Å². The number of carbonyl (C=O) groups is 1. The van der Waals surface area contributed by atoms with E-state index in [9.17, 15) is 4.79 Å². The molecular formula is C16H19ClO2. The molecule has 0 unspecified atom stereocenters. The SMILES string of the molecule is CC(C)COC1=CC(=O)[C@H](c2ccc(Cl)cc2)CC1. The minimum atomic E-state index is -0.0522. The molecule has 0 N–H and O–H groups in total. The second-order valence-corrected chi connectivity index (χ2v) is 5.80. The fraction of sp³-hybridized carbons (Fsp3) is 0.438. The van der Waals surface area contributed by atoms with Crippen LogP contribution in [-0.4, -0.2) is 12.4 Å². The van der Waals surface area contributed by atoms with Crippen molar-refractivity contribution in [2.75, 3.05) is 6.61 Å². The van der Waals surface area contributed by atoms with Crippen LogP contribution >= 0.6 is 11.6 Å². The lowest BCUT2D eigenvalue weighted by Crippen LogP contribution is -2.17. The number of rotatable bonds is 4. The predicted molar refractivity (Wildman–Crippen MR) is 77.3 cm³/mol. The molecule has 19 heavy (non-hydrogen) atoms. The Morgan fingerprint density at radius 3 is 2.58 bits per heavy atom. The molecule has 0 radical (unpaired) electrons. The molecule has 1 aromatic carbocycles. The average Bonchev–Trinajstić information content (AvgIpc) is 2.38. The molecule has 2 rings (SSSR count). The average molecular weight is 279 g/mol. The number of hydrogen-bond acceptors (Lipinski definition) is 2. The number of ketones is 1. The van der Waals surface area contributed by atoms with Crippen molar-refractivity contribution >= 4 is 17.4 Å². The number of halogens is 1. The fourth-order valence-electron chi connectivity index (χ4n) is 2.17. The molecule has 0 saturated carbocycles. The Morgan fingerprint density at radius 2 is 2.00 bits per heavy atom. The van der Waals surface area contributed by atoms with Crippen molar-refractivity contribution in [1.29, 1.82) is 0 Å². The molecule has 1 aliphatic rings. The molecule has 0 saturated heterocycles. The third-order valence-corrected chi connectivity index (χ3v) is 3.45. The van der Waals surface area contributed by atoms with Crippen LogP contribution in [0.3, 0.4) is 0 Å². The van der Waals surface area contributed by atoms with Crippen LogP contribution < -0.4 is 0 Å². The van der Waals surface area contributed by atoms with Crippen LogP contribution in [0.25, 0.3) is 0 Å². The number of benzene rings is 1. The summed E-state index contributed by atoms with van der Waals surface area (Å²) in [6.07, 6.45) is 3.29. The van der Waals surface area contributed by atoms with Crippen LogP contribution in [0.15, 0.2) is 36.1 Å². The Hall–Kier alpha value is -1.28. The van der Waals surface area contributed by atoms with Gasteiger partial charge in [0, 0.05) is 23.4 Å². The van der Waals surface area contributed by atoms with Crippen molar-refractivity contribution in [3.8, 4) is 0 Å². The maximum atomic E-state index is 12.1. The molecule has 0 fully saturated rings. The molecule has 1 atom stereocenters. The summed E-state index contributed by atoms with van der Waals surface area (Å²) in [5.74, 6) is 1.38. The number of carbonyl (C=O) groups excluding carboxylic acids is 1. The van der Waals surface area contributed by atoms with Crippen LogP contribution in [-0.2, 0) is 9.53 Å². The molecule has 0 heterocycles. The fourth-order valence-corrected chi connectivity index (χ4v) is 2.30. The van der Waals surface area contributed by atoms with Gasteiger partial charge in [-0.2, -0.15) is 0 Å². The zero-order valence-electron chi connectivity index (χ0n) is 11.4. The third kappa shape index (κ3) is 3.84. The van der Waals surface area contributed by atoms with E-state index in [1.807, 2.05) is 24.3 Å². The zero-order chi connectivity index (χ0) is 13.8. The summed E-state index contributed by atoms with van der Waals surface area (Å²) in [6.45, 7) is 4.87. The van der Waals surface area contributed by atoms with E-state index in [0.29, 0.717) is 17.5 Å². The quantitative estimate of drug-likeness (QED) is 0.819. The third-order valence-electron chi connectivity index (χ3n) is 3.20. The second kappa shape index (κ2) is 6.25. The van der Waals surface area contributed by atoms with Gasteiger partial charge in [0.25, 0.3) is 0 Å². The molecule has 102 valence electrons. The Balaban J connectivity index is 2.04. The summed E-state index contributed by atoms with van der Waals surface area (Å²) >= 11 is 5.86. The molecule has 0 bridgehead atoms. The van der Waals surface area contributed by atoms with Crippen LogP contribution in [0.4, 0.5) is 0 Å². The minimum Gasteiger partial charge on any atom is -0.498 e. The van der Waals surface area contributed by atoms with E-state index in [2.05, 4.69) is 13.8 Å². The summed E-state index contributed by atoms with van der Waals surface area (Å²) in [6, 6.07) is 7.52. The van der Waals surface area contributed by atoms with Gasteiger partial charge in [-0.15, -0.1) is 0 Å². The van der Waals surface area contributed by atoms with E-state index in [1.54, 1.807) is 6.08 Å². The first-order valence-electron chi connectivity index (χ1n) is 6.69. The van der Waals surface area contributed by atoms with Crippen LogP contribution in [0, 0.1) is 5.92 Å². The van der Waals surface area contributed by atoms with Gasteiger partial charge < -0.3 is 4.74 Å². The molecular weight excluding hydrogens is 260 g/mol. The Bertz CT molecular complexity index is 474. The van der Waals surface area contributed by atoms with Gasteiger partial charge in [-0.05, 0) is 30.0 Å². The van der Waals surface area contributed by atoms with Gasteiger partial charge in [-0.1, -0.05) is 37.6 Å². The van der Waals surface area contributed by atoms with Crippen molar-refractivity contribution in [3.05, 3.63) is 46.7 Å². The molecule has 2 nitrogen and oxygen atoms in total. The molecule has 1 aromatic rings. The maximum absolute atomic E-state index is 12.1. The predicted octanol–water partition coefficient (Wildman–Crippen LogP) is 4.34. The Kier molecular flexibility index (Phi) is 4.65. The zero-order valence-corrected chi connectivity index (χ0v) is 12.1. The lowest BCUT2D eigenvalue weighted by atomic mass is 9.86. The van der Waals surface area contributed by atoms with E-state index in [4.69, 9.17) is 16.3 Å². The van der Waals surface area contributed by atoms with E-state index in [1.165, 1.54) is 0 Å². The normalized spacial score (nSPS) is 19.5. The van der Waals surface area contributed by atoms with Crippen molar-refractivity contribution in [2.24, 2.45) is 5.92 Å². The van der Waals surface area contributed by atoms with E-state index in [0.717, 1.165) is 24.2 Å². The molecule has 0 aromatic heterocycles. The lowest BCUT2D eigenvalue weighted by Gasteiger charge is -2.22. The van der Waals surface area contributed by atoms with E-state index >= 15 is 0 Å². The van der Waals surface area contributed by atoms with Gasteiger partial charge in [0.15, 0.2) is 5.78 Å². The van der Waals surface area contributed by atoms with Gasteiger partial charge in [0.1, 0.15) is 0 Å². The van der Waals surface area contributed by atoms with Crippen LogP contribution in [0.5, 0.6) is 0 Å². The smallest absolute Gasteiger partial charge is 0.166 e. The Labute approximate surface area is 119 Å². The van der Waals surface area contributed by atoms with Gasteiger partial charge in [-0.3, -0.25) is 4.79 Å². The summed E-state index contributed by atoms with van der Waals surface area (Å²) in [5.41, 5.74) is 1.04. The first-order valence-corrected chi connectivity index (χ1v) is 7.06. The highest BCUT2D eigenvalue weighted by Gasteiger charge is 2.24. The van der Waals surface area contributed by atoms with Crippen LogP contribution in [0.2, 0.25) is 5.02 Å². The van der Waals surface area contributed by atoms with Gasteiger partial charge in [-0.25, -0.2) is 0 Å². The first-order chi connectivity index (χ1) is 9.06. The van der Waals surface area contributed by atoms with Crippen molar-refractivity contribution in [1.82, 2.24) is 0 Å². The largest absolute Gasteiger partial charge is 0.498 e. The highest BCUT2D eigenvalue weighted by molar-refractivity contribution is 6.30. The van der Waals surface area contributed by atoms with Crippen molar-refractivity contribution < 1.29 is 9.53 Å². The maximum Gasteiger partial charge on any atom is 0.166 e. The van der Waals surface area contributed by atoms with Gasteiger partial charge in [0.2, 0.25) is 0 Å². The van der Waals surface area contributed by atoms with E-state index < -0.39 is 0 Å². The molecule has 0 aliphatic heterocycles. The van der Waals surface area contributed by atoms with Gasteiger partial charge in [0.05, 0.1) is 12.4 Å². The number of allylic oxidation sites excluding steroid dienone is 2. The molecule has 1 aliphatic carbocycles. The molecule has 0 amide bonds. The van der Waals surface area contributed by atoms with E-state index in [-0.39, 0.29) is 11.7 Å². The first kappa shape index (κ1) is 14.1. The summed E-state index contributed by atoms with van der Waals surface area (Å²) in [5, 5.41) is 0.698. The highest BCUT2D eigenvalue weighted by atomic mass is 35.5. The molecule has 3 heteroatoms. The number of hydrogen-bond donors (Lipinski definition) is 0. The monoisotopic (exact) mass is 278 g/mol. The summed E-state index contributed by atoms with van der Waals surface area (Å²) < 4.78 is 5.64.